The van der Waals surface area contributed by atoms with Gasteiger partial charge in [0.25, 0.3) is 0 Å². The van der Waals surface area contributed by atoms with Crippen molar-refractivity contribution < 1.29 is 13.2 Å². The molecule has 0 unspecified atom stereocenters. The van der Waals surface area contributed by atoms with Gasteiger partial charge in [-0.3, -0.25) is 0 Å². The van der Waals surface area contributed by atoms with E-state index in [9.17, 15) is 8.42 Å². The van der Waals surface area contributed by atoms with Crippen LogP contribution in [0.15, 0.2) is 95.2 Å². The Morgan fingerprint density at radius 3 is 2.18 bits per heavy atom. The molecule has 5 rings (SSSR count). The molecule has 0 spiro atoms. The van der Waals surface area contributed by atoms with Crippen molar-refractivity contribution in [2.24, 2.45) is 0 Å². The molecule has 0 saturated carbocycles. The van der Waals surface area contributed by atoms with E-state index >= 15 is 0 Å². The average Bonchev–Trinajstić information content (AvgIpc) is 3.22. The molecule has 0 amide bonds. The summed E-state index contributed by atoms with van der Waals surface area (Å²) in [4.78, 5) is 5.42. The second kappa shape index (κ2) is 8.93. The number of hydrogen-bond acceptors (Lipinski definition) is 6. The lowest BCUT2D eigenvalue weighted by Crippen LogP contribution is -2.05. The van der Waals surface area contributed by atoms with Crippen molar-refractivity contribution in [3.8, 4) is 28.1 Å². The van der Waals surface area contributed by atoms with Gasteiger partial charge in [-0.1, -0.05) is 60.7 Å². The SMILES string of the molecule is COc1ccc(-c2cc(-c3ccccc3)c3c(N)c(S(=O)(=O)Cc4ccccc4)sc3n2)cc1. The van der Waals surface area contributed by atoms with Crippen LogP contribution < -0.4 is 10.5 Å². The maximum absolute atomic E-state index is 13.4. The third-order valence-electron chi connectivity index (χ3n) is 5.62. The highest BCUT2D eigenvalue weighted by atomic mass is 32.2. The molecule has 0 saturated heterocycles. The number of fused-ring (bicyclic) bond motifs is 1. The van der Waals surface area contributed by atoms with Gasteiger partial charge in [0.15, 0.2) is 9.84 Å². The normalized spacial score (nSPS) is 11.6. The van der Waals surface area contributed by atoms with Crippen LogP contribution in [0.25, 0.3) is 32.6 Å². The number of nitrogens with two attached hydrogens (primary N) is 1. The van der Waals surface area contributed by atoms with Gasteiger partial charge >= 0.3 is 0 Å². The monoisotopic (exact) mass is 486 g/mol. The second-order valence-electron chi connectivity index (χ2n) is 7.88. The van der Waals surface area contributed by atoms with Crippen LogP contribution in [0.2, 0.25) is 0 Å². The molecule has 2 heterocycles. The Kier molecular flexibility index (Phi) is 5.81. The van der Waals surface area contributed by atoms with Gasteiger partial charge in [0, 0.05) is 10.9 Å². The zero-order chi connectivity index (χ0) is 23.7. The zero-order valence-electron chi connectivity index (χ0n) is 18.4. The van der Waals surface area contributed by atoms with Crippen molar-refractivity contribution in [2.75, 3.05) is 12.8 Å². The van der Waals surface area contributed by atoms with Crippen LogP contribution in [0.3, 0.4) is 0 Å². The van der Waals surface area contributed by atoms with Crippen molar-refractivity contribution in [2.45, 2.75) is 9.96 Å². The first-order valence-electron chi connectivity index (χ1n) is 10.7. The maximum atomic E-state index is 13.4. The largest absolute Gasteiger partial charge is 0.497 e. The third kappa shape index (κ3) is 4.16. The molecule has 5 aromatic rings. The number of nitrogens with zero attached hydrogens (tertiary/aromatic N) is 1. The molecule has 0 radical (unpaired) electrons. The number of thiophene rings is 1. The molecule has 0 aliphatic rings. The van der Waals surface area contributed by atoms with Crippen molar-refractivity contribution in [1.82, 2.24) is 4.98 Å². The number of anilines is 1. The molecule has 0 bridgehead atoms. The molecule has 7 heteroatoms. The average molecular weight is 487 g/mol. The highest BCUT2D eigenvalue weighted by molar-refractivity contribution is 7.93. The fraction of sp³-hybridized carbons (Fsp3) is 0.0741. The van der Waals surface area contributed by atoms with E-state index in [0.29, 0.717) is 10.2 Å². The van der Waals surface area contributed by atoms with Crippen molar-refractivity contribution in [3.05, 3.63) is 96.6 Å². The molecule has 0 fully saturated rings. The summed E-state index contributed by atoms with van der Waals surface area (Å²) in [6, 6.07) is 28.5. The molecule has 0 aliphatic heterocycles. The van der Waals surface area contributed by atoms with E-state index in [-0.39, 0.29) is 15.6 Å². The Bertz CT molecular complexity index is 1560. The summed E-state index contributed by atoms with van der Waals surface area (Å²) < 4.78 is 32.1. The maximum Gasteiger partial charge on any atom is 0.194 e. The van der Waals surface area contributed by atoms with Crippen LogP contribution in [-0.2, 0) is 15.6 Å². The lowest BCUT2D eigenvalue weighted by Gasteiger charge is -2.09. The molecular formula is C27H22N2O3S2. The number of aromatic nitrogens is 1. The second-order valence-corrected chi connectivity index (χ2v) is 11.1. The van der Waals surface area contributed by atoms with Crippen LogP contribution in [-0.4, -0.2) is 20.5 Å². The summed E-state index contributed by atoms with van der Waals surface area (Å²) in [7, 11) is -2.03. The van der Waals surface area contributed by atoms with Crippen molar-refractivity contribution >= 4 is 37.1 Å². The zero-order valence-corrected chi connectivity index (χ0v) is 20.1. The van der Waals surface area contributed by atoms with Gasteiger partial charge in [-0.05, 0) is 47.0 Å². The lowest BCUT2D eigenvalue weighted by atomic mass is 10.00. The highest BCUT2D eigenvalue weighted by Gasteiger charge is 2.26. The van der Waals surface area contributed by atoms with Gasteiger partial charge in [-0.2, -0.15) is 0 Å². The fourth-order valence-electron chi connectivity index (χ4n) is 3.95. The van der Waals surface area contributed by atoms with Gasteiger partial charge in [-0.15, -0.1) is 11.3 Å². The summed E-state index contributed by atoms with van der Waals surface area (Å²) >= 11 is 1.13. The Balaban J connectivity index is 1.71. The van der Waals surface area contributed by atoms with Gasteiger partial charge in [-0.25, -0.2) is 13.4 Å². The molecule has 5 nitrogen and oxygen atoms in total. The van der Waals surface area contributed by atoms with Gasteiger partial charge < -0.3 is 10.5 Å². The van der Waals surface area contributed by atoms with E-state index < -0.39 is 9.84 Å². The predicted molar refractivity (Wildman–Crippen MR) is 139 cm³/mol. The summed E-state index contributed by atoms with van der Waals surface area (Å²) in [6.45, 7) is 0. The van der Waals surface area contributed by atoms with E-state index in [1.165, 1.54) is 0 Å². The van der Waals surface area contributed by atoms with Crippen LogP contribution in [0.1, 0.15) is 5.56 Å². The quantitative estimate of drug-likeness (QED) is 0.309. The molecular weight excluding hydrogens is 464 g/mol. The minimum absolute atomic E-state index is 0.114. The molecule has 170 valence electrons. The number of hydrogen-bond donors (Lipinski definition) is 1. The Morgan fingerprint density at radius 2 is 1.53 bits per heavy atom. The van der Waals surface area contributed by atoms with Gasteiger partial charge in [0.05, 0.1) is 24.2 Å². The van der Waals surface area contributed by atoms with E-state index in [2.05, 4.69) is 0 Å². The van der Waals surface area contributed by atoms with Crippen LogP contribution in [0.5, 0.6) is 5.75 Å². The third-order valence-corrected chi connectivity index (χ3v) is 9.02. The first-order valence-corrected chi connectivity index (χ1v) is 13.1. The minimum Gasteiger partial charge on any atom is -0.497 e. The van der Waals surface area contributed by atoms with Crippen LogP contribution >= 0.6 is 11.3 Å². The lowest BCUT2D eigenvalue weighted by molar-refractivity contribution is 0.415. The van der Waals surface area contributed by atoms with Crippen molar-refractivity contribution in [3.63, 3.8) is 0 Å². The number of ether oxygens (including phenoxy) is 1. The van der Waals surface area contributed by atoms with E-state index in [4.69, 9.17) is 15.5 Å². The predicted octanol–water partition coefficient (Wildman–Crippen LogP) is 6.20. The van der Waals surface area contributed by atoms with Gasteiger partial charge in [0.2, 0.25) is 0 Å². The Labute approximate surface area is 202 Å². The van der Waals surface area contributed by atoms with E-state index in [1.54, 1.807) is 19.2 Å². The van der Waals surface area contributed by atoms with Gasteiger partial charge in [0.1, 0.15) is 14.8 Å². The Hall–Kier alpha value is -3.68. The summed E-state index contributed by atoms with van der Waals surface area (Å²) in [6.07, 6.45) is 0. The van der Waals surface area contributed by atoms with E-state index in [0.717, 1.165) is 45.0 Å². The molecule has 2 N–H and O–H groups in total. The molecule has 34 heavy (non-hydrogen) atoms. The van der Waals surface area contributed by atoms with Crippen LogP contribution in [0.4, 0.5) is 5.69 Å². The van der Waals surface area contributed by atoms with Crippen LogP contribution in [0, 0.1) is 0 Å². The first kappa shape index (κ1) is 22.1. The van der Waals surface area contributed by atoms with E-state index in [1.807, 2.05) is 78.9 Å². The Morgan fingerprint density at radius 1 is 0.882 bits per heavy atom. The molecule has 0 atom stereocenters. The minimum atomic E-state index is -3.65. The first-order chi connectivity index (χ1) is 16.5. The highest BCUT2D eigenvalue weighted by Crippen LogP contribution is 2.44. The smallest absolute Gasteiger partial charge is 0.194 e. The molecule has 3 aromatic carbocycles. The molecule has 0 aliphatic carbocycles. The summed E-state index contributed by atoms with van der Waals surface area (Å²) in [5, 5.41) is 0.667. The van der Waals surface area contributed by atoms with Crippen molar-refractivity contribution in [1.29, 1.82) is 0 Å². The number of benzene rings is 3. The standard InChI is InChI=1S/C27H22N2O3S2/c1-32-21-14-12-20(13-15-21)23-16-22(19-10-6-3-7-11-19)24-25(28)27(33-26(24)29-23)34(30,31)17-18-8-4-2-5-9-18/h2-16H,17,28H2,1H3. The number of nitrogen functional groups attached to an aromatic ring is 1. The number of rotatable bonds is 6. The molecule has 2 aromatic heterocycles. The topological polar surface area (TPSA) is 82.3 Å². The summed E-state index contributed by atoms with van der Waals surface area (Å²) in [5.74, 6) is 0.638. The number of sulfone groups is 1. The number of pyridine rings is 1. The summed E-state index contributed by atoms with van der Waals surface area (Å²) in [5.41, 5.74) is 10.9. The number of methoxy groups -OCH3 is 1. The fourth-order valence-corrected chi connectivity index (χ4v) is 6.92.